The van der Waals surface area contributed by atoms with Crippen molar-refractivity contribution >= 4 is 46.1 Å². The Balaban J connectivity index is 2.15. The smallest absolute Gasteiger partial charge is 0.434 e. The molecule has 142 valence electrons. The maximum Gasteiger partial charge on any atom is 0.434 e. The highest BCUT2D eigenvalue weighted by Crippen LogP contribution is 2.18. The van der Waals surface area contributed by atoms with E-state index in [0.717, 1.165) is 8.58 Å². The second kappa shape index (κ2) is 8.89. The van der Waals surface area contributed by atoms with Gasteiger partial charge in [-0.05, 0) is 73.7 Å². The summed E-state index contributed by atoms with van der Waals surface area (Å²) >= 11 is 2.13. The van der Waals surface area contributed by atoms with Crippen LogP contribution in [0.5, 0.6) is 0 Å². The summed E-state index contributed by atoms with van der Waals surface area (Å²) in [6, 6.07) is 8.37. The van der Waals surface area contributed by atoms with E-state index in [0.29, 0.717) is 5.69 Å². The van der Waals surface area contributed by atoms with Crippen molar-refractivity contribution in [3.8, 4) is 0 Å². The molecule has 0 radical (unpaired) electrons. The van der Waals surface area contributed by atoms with E-state index in [4.69, 9.17) is 4.74 Å². The van der Waals surface area contributed by atoms with Gasteiger partial charge in [0, 0.05) is 9.13 Å². The molecule has 0 unspecified atom stereocenters. The Hall–Kier alpha value is -2.56. The van der Waals surface area contributed by atoms with Gasteiger partial charge in [0.05, 0.1) is 24.5 Å². The molecule has 2 rings (SSSR count). The SMILES string of the molecule is CC(C)(C)OC(=O)N(NC(=O)CC(=O)c1ccnnc1)c1ccc(I)cc1. The number of ketones is 1. The van der Waals surface area contributed by atoms with Crippen LogP contribution in [0.1, 0.15) is 37.6 Å². The molecule has 1 aromatic carbocycles. The maximum absolute atomic E-state index is 12.5. The number of carbonyl (C=O) groups is 3. The molecule has 0 aliphatic heterocycles. The number of Topliss-reactive ketones (excluding diaryl/α,β-unsaturated/α-hetero) is 1. The molecule has 2 amide bonds. The van der Waals surface area contributed by atoms with E-state index >= 15 is 0 Å². The highest BCUT2D eigenvalue weighted by molar-refractivity contribution is 14.1. The summed E-state index contributed by atoms with van der Waals surface area (Å²) in [5.41, 5.74) is 2.36. The van der Waals surface area contributed by atoms with Crippen molar-refractivity contribution in [3.05, 3.63) is 51.9 Å². The molecular weight excluding hydrogens is 463 g/mol. The monoisotopic (exact) mass is 482 g/mol. The highest BCUT2D eigenvalue weighted by atomic mass is 127. The second-order valence-electron chi connectivity index (χ2n) is 6.56. The Kier molecular flexibility index (Phi) is 6.83. The first kappa shape index (κ1) is 20.7. The summed E-state index contributed by atoms with van der Waals surface area (Å²) in [5.74, 6) is -1.09. The van der Waals surface area contributed by atoms with Gasteiger partial charge in [0.15, 0.2) is 5.78 Å². The van der Waals surface area contributed by atoms with Gasteiger partial charge >= 0.3 is 6.09 Å². The van der Waals surface area contributed by atoms with Crippen LogP contribution < -0.4 is 10.4 Å². The molecule has 1 aromatic heterocycles. The third-order valence-corrected chi connectivity index (χ3v) is 3.84. The summed E-state index contributed by atoms with van der Waals surface area (Å²) < 4.78 is 6.31. The van der Waals surface area contributed by atoms with Crippen LogP contribution in [0.4, 0.5) is 10.5 Å². The standard InChI is InChI=1S/C18H19IN4O4/c1-18(2,3)27-17(26)23(14-6-4-13(19)5-7-14)22-16(25)10-15(24)12-8-9-20-21-11-12/h4-9,11H,10H2,1-3H3,(H,22,25). The average molecular weight is 482 g/mol. The Bertz CT molecular complexity index is 820. The topological polar surface area (TPSA) is 101 Å². The minimum atomic E-state index is -0.755. The number of rotatable bonds is 4. The number of nitrogens with zero attached hydrogens (tertiary/aromatic N) is 3. The van der Waals surface area contributed by atoms with Gasteiger partial charge in [0.25, 0.3) is 0 Å². The molecule has 0 saturated carbocycles. The quantitative estimate of drug-likeness (QED) is 0.311. The van der Waals surface area contributed by atoms with Crippen molar-refractivity contribution in [1.29, 1.82) is 0 Å². The molecule has 0 saturated heterocycles. The van der Waals surface area contributed by atoms with Gasteiger partial charge in [0.2, 0.25) is 5.91 Å². The molecule has 8 nitrogen and oxygen atoms in total. The van der Waals surface area contributed by atoms with E-state index < -0.39 is 29.8 Å². The van der Waals surface area contributed by atoms with Crippen LogP contribution in [0.3, 0.4) is 0 Å². The largest absolute Gasteiger partial charge is 0.442 e. The zero-order valence-corrected chi connectivity index (χ0v) is 17.3. The van der Waals surface area contributed by atoms with Crippen molar-refractivity contribution in [2.75, 3.05) is 5.01 Å². The zero-order valence-electron chi connectivity index (χ0n) is 15.1. The Morgan fingerprint density at radius 2 is 1.78 bits per heavy atom. The molecule has 2 aromatic rings. The molecule has 0 aliphatic rings. The number of aromatic nitrogens is 2. The zero-order chi connectivity index (χ0) is 20.0. The number of halogens is 1. The van der Waals surface area contributed by atoms with E-state index in [1.807, 2.05) is 0 Å². The Morgan fingerprint density at radius 3 is 2.33 bits per heavy atom. The van der Waals surface area contributed by atoms with Crippen molar-refractivity contribution < 1.29 is 19.1 Å². The minimum absolute atomic E-state index is 0.262. The summed E-state index contributed by atoms with van der Waals surface area (Å²) in [4.78, 5) is 37.0. The van der Waals surface area contributed by atoms with Crippen molar-refractivity contribution in [2.45, 2.75) is 32.8 Å². The van der Waals surface area contributed by atoms with E-state index in [1.165, 1.54) is 18.5 Å². The van der Waals surface area contributed by atoms with Gasteiger partial charge < -0.3 is 4.74 Å². The number of nitrogens with one attached hydrogen (secondary N) is 1. The number of hydrogen-bond donors (Lipinski definition) is 1. The van der Waals surface area contributed by atoms with E-state index in [1.54, 1.807) is 45.0 Å². The highest BCUT2D eigenvalue weighted by Gasteiger charge is 2.26. The molecule has 0 aliphatic carbocycles. The second-order valence-corrected chi connectivity index (χ2v) is 7.80. The average Bonchev–Trinajstić information content (AvgIpc) is 2.60. The van der Waals surface area contributed by atoms with Crippen LogP contribution in [-0.2, 0) is 9.53 Å². The predicted molar refractivity (Wildman–Crippen MR) is 107 cm³/mol. The molecule has 1 heterocycles. The van der Waals surface area contributed by atoms with Gasteiger partial charge in [-0.15, -0.1) is 0 Å². The molecular formula is C18H19IN4O4. The normalized spacial score (nSPS) is 10.8. The first-order valence-electron chi connectivity index (χ1n) is 8.04. The van der Waals surface area contributed by atoms with E-state index in [9.17, 15) is 14.4 Å². The predicted octanol–water partition coefficient (Wildman–Crippen LogP) is 3.13. The number of hydrogen-bond acceptors (Lipinski definition) is 6. The third kappa shape index (κ3) is 6.59. The number of hydrazine groups is 1. The van der Waals surface area contributed by atoms with Crippen LogP contribution in [0.15, 0.2) is 42.7 Å². The summed E-state index contributed by atoms with van der Waals surface area (Å²) in [6.07, 6.45) is 1.44. The molecule has 27 heavy (non-hydrogen) atoms. The van der Waals surface area contributed by atoms with E-state index in [-0.39, 0.29) is 5.56 Å². The van der Waals surface area contributed by atoms with Crippen molar-refractivity contribution in [1.82, 2.24) is 15.6 Å². The molecule has 0 bridgehead atoms. The lowest BCUT2D eigenvalue weighted by molar-refractivity contribution is -0.120. The van der Waals surface area contributed by atoms with Crippen molar-refractivity contribution in [3.63, 3.8) is 0 Å². The number of amides is 2. The van der Waals surface area contributed by atoms with Gasteiger partial charge in [-0.2, -0.15) is 15.2 Å². The number of ether oxygens (including phenoxy) is 1. The number of benzene rings is 1. The molecule has 0 spiro atoms. The van der Waals surface area contributed by atoms with Crippen LogP contribution >= 0.6 is 22.6 Å². The van der Waals surface area contributed by atoms with Gasteiger partial charge in [0.1, 0.15) is 5.60 Å². The van der Waals surface area contributed by atoms with Crippen LogP contribution in [-0.4, -0.2) is 33.6 Å². The lowest BCUT2D eigenvalue weighted by Gasteiger charge is -2.27. The van der Waals surface area contributed by atoms with Gasteiger partial charge in [-0.3, -0.25) is 15.0 Å². The maximum atomic E-state index is 12.5. The molecule has 0 atom stereocenters. The van der Waals surface area contributed by atoms with Crippen LogP contribution in [0, 0.1) is 3.57 Å². The van der Waals surface area contributed by atoms with Gasteiger partial charge in [-0.25, -0.2) is 4.79 Å². The third-order valence-electron chi connectivity index (χ3n) is 3.12. The van der Waals surface area contributed by atoms with Crippen molar-refractivity contribution in [2.24, 2.45) is 0 Å². The van der Waals surface area contributed by atoms with Crippen LogP contribution in [0.25, 0.3) is 0 Å². The fourth-order valence-corrected chi connectivity index (χ4v) is 2.34. The van der Waals surface area contributed by atoms with Crippen LogP contribution in [0.2, 0.25) is 0 Å². The first-order valence-corrected chi connectivity index (χ1v) is 9.11. The van der Waals surface area contributed by atoms with E-state index in [2.05, 4.69) is 38.2 Å². The summed E-state index contributed by atoms with van der Waals surface area (Å²) in [5, 5.41) is 8.18. The minimum Gasteiger partial charge on any atom is -0.442 e. The number of anilines is 1. The Morgan fingerprint density at radius 1 is 1.11 bits per heavy atom. The summed E-state index contributed by atoms with van der Waals surface area (Å²) in [7, 11) is 0. The molecule has 9 heteroatoms. The first-order chi connectivity index (χ1) is 12.7. The summed E-state index contributed by atoms with van der Waals surface area (Å²) in [6.45, 7) is 5.16. The molecule has 1 N–H and O–H groups in total. The Labute approximate surface area is 170 Å². The fourth-order valence-electron chi connectivity index (χ4n) is 1.98. The fraction of sp³-hybridized carbons (Fsp3) is 0.278. The number of carbonyl (C=O) groups excluding carboxylic acids is 3. The van der Waals surface area contributed by atoms with Gasteiger partial charge in [-0.1, -0.05) is 0 Å². The lowest BCUT2D eigenvalue weighted by Crippen LogP contribution is -2.49. The lowest BCUT2D eigenvalue weighted by atomic mass is 10.1. The molecule has 0 fully saturated rings.